The number of rotatable bonds is 8. The molecule has 0 unspecified atom stereocenters. The summed E-state index contributed by atoms with van der Waals surface area (Å²) in [6, 6.07) is 20.1. The van der Waals surface area contributed by atoms with Gasteiger partial charge in [-0.1, -0.05) is 85.0 Å². The van der Waals surface area contributed by atoms with Crippen LogP contribution < -0.4 is 16.2 Å². The molecule has 0 aromatic heterocycles. The van der Waals surface area contributed by atoms with Gasteiger partial charge in [-0.25, -0.2) is 4.99 Å². The molecule has 0 atom stereocenters. The summed E-state index contributed by atoms with van der Waals surface area (Å²) in [6.07, 6.45) is 16.9. The molecule has 192 valence electrons. The molecule has 1 aliphatic rings. The van der Waals surface area contributed by atoms with E-state index < -0.39 is 0 Å². The van der Waals surface area contributed by atoms with Crippen molar-refractivity contribution in [2.45, 2.75) is 33.4 Å². The van der Waals surface area contributed by atoms with E-state index in [9.17, 15) is 0 Å². The molecule has 4 N–H and O–H groups in total. The van der Waals surface area contributed by atoms with Gasteiger partial charge in [0.25, 0.3) is 0 Å². The van der Waals surface area contributed by atoms with Crippen molar-refractivity contribution >= 4 is 28.1 Å². The number of hydrogen-bond donors (Lipinski definition) is 2. The maximum Gasteiger partial charge on any atom is 0.152 e. The number of benzene rings is 3. The van der Waals surface area contributed by atoms with E-state index >= 15 is 0 Å². The van der Waals surface area contributed by atoms with E-state index in [0.717, 1.165) is 39.5 Å². The molecule has 0 bridgehead atoms. The summed E-state index contributed by atoms with van der Waals surface area (Å²) >= 11 is 0. The highest BCUT2D eigenvalue weighted by atomic mass is 16.5. The summed E-state index contributed by atoms with van der Waals surface area (Å²) < 4.78 is 6.11. The Labute approximate surface area is 225 Å². The number of amidine groups is 2. The molecule has 5 heteroatoms. The number of hydrogen-bond acceptors (Lipinski definition) is 3. The lowest BCUT2D eigenvalue weighted by Crippen LogP contribution is -2.17. The predicted molar refractivity (Wildman–Crippen MR) is 161 cm³/mol. The second-order valence-corrected chi connectivity index (χ2v) is 9.00. The molecule has 3 aromatic carbocycles. The molecule has 0 aliphatic heterocycles. The van der Waals surface area contributed by atoms with Crippen LogP contribution in [0.4, 0.5) is 5.69 Å². The van der Waals surface area contributed by atoms with Crippen LogP contribution >= 0.6 is 0 Å². The lowest BCUT2D eigenvalue weighted by molar-refractivity contribution is 0.307. The summed E-state index contributed by atoms with van der Waals surface area (Å²) in [4.78, 5) is 9.69. The fourth-order valence-electron chi connectivity index (χ4n) is 4.04. The lowest BCUT2D eigenvalue weighted by Gasteiger charge is -2.14. The fourth-order valence-corrected chi connectivity index (χ4v) is 4.04. The van der Waals surface area contributed by atoms with Crippen molar-refractivity contribution in [3.8, 4) is 5.75 Å². The maximum atomic E-state index is 6.42. The minimum atomic E-state index is 0.377. The van der Waals surface area contributed by atoms with Gasteiger partial charge in [0.15, 0.2) is 5.84 Å². The number of nitrogen functional groups attached to an aromatic ring is 1. The van der Waals surface area contributed by atoms with Gasteiger partial charge < -0.3 is 16.2 Å². The lowest BCUT2D eigenvalue weighted by atomic mass is 10.0. The fraction of sp³-hybridized carbons (Fsp3) is 0.152. The van der Waals surface area contributed by atoms with Crippen molar-refractivity contribution in [2.24, 2.45) is 15.7 Å². The second-order valence-electron chi connectivity index (χ2n) is 9.00. The molecule has 4 rings (SSSR count). The number of aliphatic imine (C=N–C) groups is 2. The first-order chi connectivity index (χ1) is 18.5. The first kappa shape index (κ1) is 26.4. The van der Waals surface area contributed by atoms with Gasteiger partial charge in [-0.3, -0.25) is 4.99 Å². The van der Waals surface area contributed by atoms with Crippen molar-refractivity contribution < 1.29 is 4.74 Å². The predicted octanol–water partition coefficient (Wildman–Crippen LogP) is 7.22. The Morgan fingerprint density at radius 1 is 1.00 bits per heavy atom. The smallest absolute Gasteiger partial charge is 0.152 e. The molecule has 3 aromatic rings. The number of anilines is 1. The molecule has 0 radical (unpaired) electrons. The van der Waals surface area contributed by atoms with Crippen molar-refractivity contribution in [3.05, 3.63) is 132 Å². The van der Waals surface area contributed by atoms with Gasteiger partial charge in [0.05, 0.1) is 12.2 Å². The van der Waals surface area contributed by atoms with Gasteiger partial charge in [0.2, 0.25) is 0 Å². The first-order valence-corrected chi connectivity index (χ1v) is 12.8. The van der Waals surface area contributed by atoms with E-state index in [2.05, 4.69) is 36.4 Å². The highest BCUT2D eigenvalue weighted by molar-refractivity contribution is 6.11. The zero-order valence-corrected chi connectivity index (χ0v) is 22.0. The summed E-state index contributed by atoms with van der Waals surface area (Å²) in [6.45, 7) is 4.78. The van der Waals surface area contributed by atoms with Gasteiger partial charge in [0.1, 0.15) is 18.2 Å². The monoisotopic (exact) mass is 502 g/mol. The molecule has 0 spiro atoms. The third-order valence-corrected chi connectivity index (χ3v) is 6.16. The molecule has 0 fully saturated rings. The highest BCUT2D eigenvalue weighted by Crippen LogP contribution is 2.25. The quantitative estimate of drug-likeness (QED) is 0.148. The summed E-state index contributed by atoms with van der Waals surface area (Å²) in [5, 5.41) is 2.29. The normalized spacial score (nSPS) is 14.7. The van der Waals surface area contributed by atoms with Crippen LogP contribution in [0, 0.1) is 0 Å². The number of allylic oxidation sites excluding steroid dienone is 7. The maximum absolute atomic E-state index is 6.42. The van der Waals surface area contributed by atoms with E-state index in [1.54, 1.807) is 0 Å². The van der Waals surface area contributed by atoms with Gasteiger partial charge in [-0.05, 0) is 72.0 Å². The van der Waals surface area contributed by atoms with E-state index in [1.807, 2.05) is 86.7 Å². The zero-order chi connectivity index (χ0) is 26.7. The van der Waals surface area contributed by atoms with Crippen LogP contribution in [0.15, 0.2) is 130 Å². The Hall–Kier alpha value is -4.64. The minimum Gasteiger partial charge on any atom is -0.487 e. The van der Waals surface area contributed by atoms with Crippen molar-refractivity contribution in [2.75, 3.05) is 5.73 Å². The molecule has 5 nitrogen and oxygen atoms in total. The molecule has 0 saturated carbocycles. The van der Waals surface area contributed by atoms with Crippen LogP contribution in [0.1, 0.15) is 31.4 Å². The van der Waals surface area contributed by atoms with Crippen LogP contribution in [0.2, 0.25) is 0 Å². The van der Waals surface area contributed by atoms with Crippen molar-refractivity contribution in [1.29, 1.82) is 0 Å². The van der Waals surface area contributed by atoms with Gasteiger partial charge in [-0.15, -0.1) is 0 Å². The third-order valence-electron chi connectivity index (χ3n) is 6.16. The van der Waals surface area contributed by atoms with Crippen LogP contribution in [0.3, 0.4) is 0 Å². The average molecular weight is 503 g/mol. The highest BCUT2D eigenvalue weighted by Gasteiger charge is 2.10. The van der Waals surface area contributed by atoms with E-state index in [0.29, 0.717) is 36.3 Å². The molecule has 0 saturated heterocycles. The summed E-state index contributed by atoms with van der Waals surface area (Å²) in [7, 11) is 0. The number of nitrogens with two attached hydrogens (primary N) is 2. The van der Waals surface area contributed by atoms with Crippen LogP contribution in [-0.4, -0.2) is 11.7 Å². The molecule has 1 aliphatic carbocycles. The van der Waals surface area contributed by atoms with Crippen LogP contribution in [0.5, 0.6) is 5.75 Å². The SMILES string of the molecule is C/C=C\C=C(/C)C(=NCc1cc2ccccc2cc1COc1ccccc1N)/N=C(\N)C1=CC=CCC=C1. The Bertz CT molecular complexity index is 1500. The van der Waals surface area contributed by atoms with Gasteiger partial charge in [-0.2, -0.15) is 0 Å². The van der Waals surface area contributed by atoms with E-state index in [1.165, 1.54) is 0 Å². The number of para-hydroxylation sites is 2. The van der Waals surface area contributed by atoms with Crippen molar-refractivity contribution in [1.82, 2.24) is 0 Å². The zero-order valence-electron chi connectivity index (χ0n) is 22.0. The van der Waals surface area contributed by atoms with Gasteiger partial charge >= 0.3 is 0 Å². The topological polar surface area (TPSA) is 86.0 Å². The van der Waals surface area contributed by atoms with Crippen molar-refractivity contribution in [3.63, 3.8) is 0 Å². The largest absolute Gasteiger partial charge is 0.487 e. The molecular weight excluding hydrogens is 468 g/mol. The minimum absolute atomic E-state index is 0.377. The first-order valence-electron chi connectivity index (χ1n) is 12.8. The standard InChI is InChI=1S/C33H34N4O/c1-3-4-13-24(2)33(37-32(35)25-14-7-5-6-8-15-25)36-22-28-20-26-16-9-10-17-27(26)21-29(28)23-38-31-19-12-11-18-30(31)34/h3-5,7-21H,6,22-23,34H2,1-2H3,(H2,35,36,37)/b4-3-,24-13+. The molecular formula is C33H34N4O. The molecule has 0 heterocycles. The van der Waals surface area contributed by atoms with E-state index in [4.69, 9.17) is 26.2 Å². The average Bonchev–Trinajstić information content (AvgIpc) is 3.23. The number of ether oxygens (including phenoxy) is 1. The Morgan fingerprint density at radius 2 is 1.74 bits per heavy atom. The third kappa shape index (κ3) is 6.98. The van der Waals surface area contributed by atoms with Crippen LogP contribution in [-0.2, 0) is 13.2 Å². The Morgan fingerprint density at radius 3 is 2.50 bits per heavy atom. The van der Waals surface area contributed by atoms with Gasteiger partial charge in [0, 0.05) is 5.57 Å². The summed E-state index contributed by atoms with van der Waals surface area (Å²) in [5.41, 5.74) is 17.0. The van der Waals surface area contributed by atoms with Crippen LogP contribution in [0.25, 0.3) is 10.8 Å². The number of fused-ring (bicyclic) bond motifs is 1. The Kier molecular flexibility index (Phi) is 9.08. The molecule has 38 heavy (non-hydrogen) atoms. The number of nitrogens with zero attached hydrogens (tertiary/aromatic N) is 2. The Balaban J connectivity index is 1.70. The van der Waals surface area contributed by atoms with E-state index in [-0.39, 0.29) is 0 Å². The molecule has 0 amide bonds. The summed E-state index contributed by atoms with van der Waals surface area (Å²) in [5.74, 6) is 1.69. The second kappa shape index (κ2) is 13.1.